The Morgan fingerprint density at radius 1 is 1.19 bits per heavy atom. The molecule has 110 valence electrons. The fraction of sp³-hybridized carbons (Fsp3) is 0.294. The summed E-state index contributed by atoms with van der Waals surface area (Å²) in [6.07, 6.45) is 1.73. The van der Waals surface area contributed by atoms with Crippen molar-refractivity contribution >= 4 is 11.7 Å². The lowest BCUT2D eigenvalue weighted by Gasteiger charge is -2.17. The Morgan fingerprint density at radius 3 is 2.48 bits per heavy atom. The Labute approximate surface area is 125 Å². The molecule has 0 aliphatic heterocycles. The molecule has 0 aliphatic carbocycles. The van der Waals surface area contributed by atoms with Gasteiger partial charge in [0.05, 0.1) is 12.2 Å². The number of urea groups is 1. The van der Waals surface area contributed by atoms with Crippen LogP contribution in [0.4, 0.5) is 10.5 Å². The number of carbonyl (C=O) groups is 1. The maximum absolute atomic E-state index is 12.1. The van der Waals surface area contributed by atoms with Crippen LogP contribution in [-0.2, 0) is 6.54 Å². The zero-order chi connectivity index (χ0) is 15.2. The normalized spacial score (nSPS) is 10.5. The van der Waals surface area contributed by atoms with Crippen molar-refractivity contribution in [2.24, 2.45) is 0 Å². The lowest BCUT2D eigenvalue weighted by Crippen LogP contribution is -2.31. The van der Waals surface area contributed by atoms with E-state index in [1.165, 1.54) is 5.56 Å². The smallest absolute Gasteiger partial charge is 0.321 e. The molecule has 1 heterocycles. The van der Waals surface area contributed by atoms with Gasteiger partial charge in [-0.15, -0.1) is 0 Å². The molecule has 1 aromatic heterocycles. The third-order valence-corrected chi connectivity index (χ3v) is 3.30. The molecule has 0 spiro atoms. The molecular formula is C17H21N3O. The Bertz CT molecular complexity index is 579. The van der Waals surface area contributed by atoms with Gasteiger partial charge in [-0.2, -0.15) is 0 Å². The molecule has 1 N–H and O–H groups in total. The summed E-state index contributed by atoms with van der Waals surface area (Å²) in [5.74, 6) is 0.488. The molecule has 0 unspecified atom stereocenters. The van der Waals surface area contributed by atoms with Gasteiger partial charge in [0.15, 0.2) is 0 Å². The van der Waals surface area contributed by atoms with Crippen LogP contribution in [0, 0.1) is 0 Å². The Kier molecular flexibility index (Phi) is 4.93. The van der Waals surface area contributed by atoms with Crippen LogP contribution in [0.2, 0.25) is 0 Å². The van der Waals surface area contributed by atoms with E-state index in [4.69, 9.17) is 0 Å². The predicted molar refractivity (Wildman–Crippen MR) is 85.3 cm³/mol. The summed E-state index contributed by atoms with van der Waals surface area (Å²) in [6.45, 7) is 4.78. The first-order chi connectivity index (χ1) is 10.1. The highest BCUT2D eigenvalue weighted by molar-refractivity contribution is 5.89. The van der Waals surface area contributed by atoms with E-state index in [0.29, 0.717) is 12.5 Å². The van der Waals surface area contributed by atoms with Gasteiger partial charge in [0.25, 0.3) is 0 Å². The number of aromatic nitrogens is 1. The number of anilines is 1. The summed E-state index contributed by atoms with van der Waals surface area (Å²) in [7, 11) is 1.76. The summed E-state index contributed by atoms with van der Waals surface area (Å²) in [5, 5.41) is 2.89. The van der Waals surface area contributed by atoms with Crippen LogP contribution in [0.15, 0.2) is 48.7 Å². The molecule has 0 saturated carbocycles. The third-order valence-electron chi connectivity index (χ3n) is 3.30. The topological polar surface area (TPSA) is 45.2 Å². The molecule has 4 heteroatoms. The molecule has 21 heavy (non-hydrogen) atoms. The highest BCUT2D eigenvalue weighted by Gasteiger charge is 2.10. The average Bonchev–Trinajstić information content (AvgIpc) is 2.48. The van der Waals surface area contributed by atoms with Gasteiger partial charge in [-0.05, 0) is 35.7 Å². The maximum Gasteiger partial charge on any atom is 0.321 e. The predicted octanol–water partition coefficient (Wildman–Crippen LogP) is 3.87. The molecule has 0 aliphatic rings. The molecule has 0 atom stereocenters. The minimum absolute atomic E-state index is 0.141. The van der Waals surface area contributed by atoms with E-state index in [2.05, 4.69) is 24.1 Å². The van der Waals surface area contributed by atoms with Gasteiger partial charge in [0, 0.05) is 18.9 Å². The van der Waals surface area contributed by atoms with Crippen LogP contribution >= 0.6 is 0 Å². The van der Waals surface area contributed by atoms with Crippen molar-refractivity contribution in [3.05, 3.63) is 59.9 Å². The van der Waals surface area contributed by atoms with Gasteiger partial charge >= 0.3 is 6.03 Å². The van der Waals surface area contributed by atoms with Crippen LogP contribution in [0.3, 0.4) is 0 Å². The number of pyridine rings is 1. The summed E-state index contributed by atoms with van der Waals surface area (Å²) in [4.78, 5) is 17.9. The van der Waals surface area contributed by atoms with Crippen LogP contribution < -0.4 is 5.32 Å². The molecule has 2 rings (SSSR count). The third kappa shape index (κ3) is 4.31. The standard InChI is InChI=1S/C17H21N3O/c1-13(2)14-7-9-15(10-8-14)19-17(21)20(3)12-16-6-4-5-11-18-16/h4-11,13H,12H2,1-3H3,(H,19,21). The first-order valence-electron chi connectivity index (χ1n) is 7.08. The molecule has 2 amide bonds. The minimum atomic E-state index is -0.141. The fourth-order valence-electron chi connectivity index (χ4n) is 1.98. The Morgan fingerprint density at radius 2 is 1.90 bits per heavy atom. The Balaban J connectivity index is 1.94. The summed E-state index contributed by atoms with van der Waals surface area (Å²) in [5.41, 5.74) is 2.93. The maximum atomic E-state index is 12.1. The number of nitrogens with zero attached hydrogens (tertiary/aromatic N) is 2. The fourth-order valence-corrected chi connectivity index (χ4v) is 1.98. The number of nitrogens with one attached hydrogen (secondary N) is 1. The van der Waals surface area contributed by atoms with E-state index < -0.39 is 0 Å². The van der Waals surface area contributed by atoms with E-state index in [1.807, 2.05) is 42.5 Å². The van der Waals surface area contributed by atoms with Crippen molar-refractivity contribution in [1.82, 2.24) is 9.88 Å². The number of benzene rings is 1. The first kappa shape index (κ1) is 15.0. The van der Waals surface area contributed by atoms with Crippen molar-refractivity contribution in [2.45, 2.75) is 26.3 Å². The largest absolute Gasteiger partial charge is 0.322 e. The zero-order valence-corrected chi connectivity index (χ0v) is 12.7. The molecule has 4 nitrogen and oxygen atoms in total. The first-order valence-corrected chi connectivity index (χ1v) is 7.08. The van der Waals surface area contributed by atoms with E-state index in [-0.39, 0.29) is 6.03 Å². The van der Waals surface area contributed by atoms with E-state index in [0.717, 1.165) is 11.4 Å². The van der Waals surface area contributed by atoms with E-state index >= 15 is 0 Å². The summed E-state index contributed by atoms with van der Waals surface area (Å²) >= 11 is 0. The molecule has 0 saturated heterocycles. The highest BCUT2D eigenvalue weighted by Crippen LogP contribution is 2.17. The summed E-state index contributed by atoms with van der Waals surface area (Å²) in [6, 6.07) is 13.5. The molecule has 2 aromatic rings. The second-order valence-corrected chi connectivity index (χ2v) is 5.38. The van der Waals surface area contributed by atoms with Crippen LogP contribution in [0.5, 0.6) is 0 Å². The van der Waals surface area contributed by atoms with Gasteiger partial charge in [-0.1, -0.05) is 32.0 Å². The van der Waals surface area contributed by atoms with Crippen LogP contribution in [-0.4, -0.2) is 23.0 Å². The minimum Gasteiger partial charge on any atom is -0.322 e. The average molecular weight is 283 g/mol. The van der Waals surface area contributed by atoms with Gasteiger partial charge in [-0.25, -0.2) is 4.79 Å². The molecule has 0 fully saturated rings. The summed E-state index contributed by atoms with van der Waals surface area (Å²) < 4.78 is 0. The number of rotatable bonds is 4. The second kappa shape index (κ2) is 6.88. The molecule has 0 bridgehead atoms. The van der Waals surface area contributed by atoms with Crippen molar-refractivity contribution in [3.8, 4) is 0 Å². The molecule has 0 radical (unpaired) electrons. The van der Waals surface area contributed by atoms with Crippen LogP contribution in [0.25, 0.3) is 0 Å². The van der Waals surface area contributed by atoms with E-state index in [1.54, 1.807) is 18.1 Å². The number of amides is 2. The SMILES string of the molecule is CC(C)c1ccc(NC(=O)N(C)Cc2ccccn2)cc1. The number of hydrogen-bond acceptors (Lipinski definition) is 2. The van der Waals surface area contributed by atoms with Crippen molar-refractivity contribution in [1.29, 1.82) is 0 Å². The van der Waals surface area contributed by atoms with Gasteiger partial charge in [0.1, 0.15) is 0 Å². The van der Waals surface area contributed by atoms with E-state index in [9.17, 15) is 4.79 Å². The van der Waals surface area contributed by atoms with Crippen molar-refractivity contribution in [3.63, 3.8) is 0 Å². The lowest BCUT2D eigenvalue weighted by molar-refractivity contribution is 0.220. The highest BCUT2D eigenvalue weighted by atomic mass is 16.2. The number of carbonyl (C=O) groups excluding carboxylic acids is 1. The quantitative estimate of drug-likeness (QED) is 0.925. The second-order valence-electron chi connectivity index (χ2n) is 5.38. The van der Waals surface area contributed by atoms with Crippen molar-refractivity contribution in [2.75, 3.05) is 12.4 Å². The lowest BCUT2D eigenvalue weighted by atomic mass is 10.0. The van der Waals surface area contributed by atoms with Gasteiger partial charge < -0.3 is 10.2 Å². The zero-order valence-electron chi connectivity index (χ0n) is 12.7. The number of hydrogen-bond donors (Lipinski definition) is 1. The molecular weight excluding hydrogens is 262 g/mol. The van der Waals surface area contributed by atoms with Crippen LogP contribution in [0.1, 0.15) is 31.0 Å². The van der Waals surface area contributed by atoms with Gasteiger partial charge in [-0.3, -0.25) is 4.98 Å². The monoisotopic (exact) mass is 283 g/mol. The Hall–Kier alpha value is -2.36. The van der Waals surface area contributed by atoms with Crippen molar-refractivity contribution < 1.29 is 4.79 Å². The molecule has 1 aromatic carbocycles. The van der Waals surface area contributed by atoms with Gasteiger partial charge in [0.2, 0.25) is 0 Å².